The summed E-state index contributed by atoms with van der Waals surface area (Å²) >= 11 is 8.95. The van der Waals surface area contributed by atoms with Crippen molar-refractivity contribution in [1.82, 2.24) is 4.98 Å². The van der Waals surface area contributed by atoms with Crippen LogP contribution >= 0.6 is 27.5 Å². The van der Waals surface area contributed by atoms with E-state index in [1.54, 1.807) is 12.1 Å². The summed E-state index contributed by atoms with van der Waals surface area (Å²) in [6, 6.07) is 7.54. The number of hydrogen-bond donors (Lipinski definition) is 2. The third kappa shape index (κ3) is 3.17. The van der Waals surface area contributed by atoms with E-state index in [-0.39, 0.29) is 16.4 Å². The van der Waals surface area contributed by atoms with E-state index in [1.807, 2.05) is 0 Å². The first-order valence-corrected chi connectivity index (χ1v) is 7.74. The number of nitrogens with two attached hydrogens (primary N) is 1. The minimum Gasteiger partial charge on any atom is -0.398 e. The van der Waals surface area contributed by atoms with Crippen molar-refractivity contribution < 1.29 is 8.42 Å². The van der Waals surface area contributed by atoms with Crippen LogP contribution in [0.5, 0.6) is 0 Å². The molecule has 2 aromatic rings. The molecule has 3 N–H and O–H groups in total. The SMILES string of the molecule is Nc1cc(Cl)ccc1S(=O)(=O)Nc1ncccc1Br. The monoisotopic (exact) mass is 361 g/mol. The van der Waals surface area contributed by atoms with E-state index in [1.165, 1.54) is 24.4 Å². The van der Waals surface area contributed by atoms with E-state index in [9.17, 15) is 8.42 Å². The van der Waals surface area contributed by atoms with E-state index < -0.39 is 10.0 Å². The number of nitrogens with zero attached hydrogens (tertiary/aromatic N) is 1. The Morgan fingerprint density at radius 2 is 2.05 bits per heavy atom. The van der Waals surface area contributed by atoms with Crippen LogP contribution in [0.4, 0.5) is 11.5 Å². The van der Waals surface area contributed by atoms with Crippen LogP contribution in [0.3, 0.4) is 0 Å². The molecule has 0 atom stereocenters. The molecule has 0 saturated heterocycles. The number of nitrogen functional groups attached to an aromatic ring is 1. The fraction of sp³-hybridized carbons (Fsp3) is 0. The average Bonchev–Trinajstić information content (AvgIpc) is 2.31. The van der Waals surface area contributed by atoms with Gasteiger partial charge in [0, 0.05) is 11.2 Å². The molecule has 5 nitrogen and oxygen atoms in total. The molecule has 100 valence electrons. The zero-order valence-corrected chi connectivity index (χ0v) is 12.6. The van der Waals surface area contributed by atoms with Crippen molar-refractivity contribution in [3.05, 3.63) is 46.0 Å². The first kappa shape index (κ1) is 14.1. The van der Waals surface area contributed by atoms with Gasteiger partial charge in [-0.2, -0.15) is 0 Å². The van der Waals surface area contributed by atoms with Crippen LogP contribution in [-0.4, -0.2) is 13.4 Å². The first-order valence-electron chi connectivity index (χ1n) is 5.08. The molecule has 0 saturated carbocycles. The maximum Gasteiger partial charge on any atom is 0.265 e. The van der Waals surface area contributed by atoms with Gasteiger partial charge in [-0.1, -0.05) is 11.6 Å². The third-order valence-electron chi connectivity index (χ3n) is 2.25. The molecule has 2 rings (SSSR count). The number of hydrogen-bond acceptors (Lipinski definition) is 4. The van der Waals surface area contributed by atoms with Gasteiger partial charge in [-0.05, 0) is 46.3 Å². The van der Waals surface area contributed by atoms with E-state index in [0.717, 1.165) is 0 Å². The van der Waals surface area contributed by atoms with Gasteiger partial charge in [0.25, 0.3) is 10.0 Å². The highest BCUT2D eigenvalue weighted by atomic mass is 79.9. The van der Waals surface area contributed by atoms with Gasteiger partial charge >= 0.3 is 0 Å². The molecule has 0 aliphatic heterocycles. The molecule has 0 radical (unpaired) electrons. The Hall–Kier alpha value is -1.31. The standard InChI is InChI=1S/C11H9BrClN3O2S/c12-8-2-1-5-15-11(8)16-19(17,18)10-4-3-7(13)6-9(10)14/h1-6H,14H2,(H,15,16). The second kappa shape index (κ2) is 5.36. The smallest absolute Gasteiger partial charge is 0.265 e. The van der Waals surface area contributed by atoms with Gasteiger partial charge in [0.15, 0.2) is 5.82 Å². The minimum atomic E-state index is -3.81. The van der Waals surface area contributed by atoms with Crippen molar-refractivity contribution in [2.24, 2.45) is 0 Å². The third-order valence-corrected chi connectivity index (χ3v) is 4.54. The van der Waals surface area contributed by atoms with Crippen molar-refractivity contribution in [2.75, 3.05) is 10.5 Å². The van der Waals surface area contributed by atoms with Crippen molar-refractivity contribution in [1.29, 1.82) is 0 Å². The zero-order chi connectivity index (χ0) is 14.0. The Morgan fingerprint density at radius 3 is 2.68 bits per heavy atom. The maximum atomic E-state index is 12.2. The Kier molecular flexibility index (Phi) is 3.98. The van der Waals surface area contributed by atoms with Crippen LogP contribution in [0, 0.1) is 0 Å². The van der Waals surface area contributed by atoms with Crippen LogP contribution in [0.25, 0.3) is 0 Å². The minimum absolute atomic E-state index is 0.0468. The highest BCUT2D eigenvalue weighted by Crippen LogP contribution is 2.26. The van der Waals surface area contributed by atoms with Gasteiger partial charge in [0.05, 0.1) is 10.2 Å². The normalized spacial score (nSPS) is 11.3. The average molecular weight is 363 g/mol. The molecule has 0 aliphatic rings. The second-order valence-corrected chi connectivity index (χ2v) is 6.56. The largest absolute Gasteiger partial charge is 0.398 e. The van der Waals surface area contributed by atoms with Crippen LogP contribution in [0.1, 0.15) is 0 Å². The van der Waals surface area contributed by atoms with Crippen LogP contribution in [0.15, 0.2) is 45.9 Å². The summed E-state index contributed by atoms with van der Waals surface area (Å²) in [5.74, 6) is 0.192. The summed E-state index contributed by atoms with van der Waals surface area (Å²) in [5, 5.41) is 0.371. The summed E-state index contributed by atoms with van der Waals surface area (Å²) in [5.41, 5.74) is 5.74. The number of benzene rings is 1. The van der Waals surface area contributed by atoms with Crippen molar-refractivity contribution in [2.45, 2.75) is 4.90 Å². The predicted molar refractivity (Wildman–Crippen MR) is 78.6 cm³/mol. The lowest BCUT2D eigenvalue weighted by molar-refractivity contribution is 0.601. The Balaban J connectivity index is 2.41. The highest BCUT2D eigenvalue weighted by molar-refractivity contribution is 9.10. The lowest BCUT2D eigenvalue weighted by atomic mass is 10.3. The number of nitrogens with one attached hydrogen (secondary N) is 1. The molecule has 0 bridgehead atoms. The predicted octanol–water partition coefficient (Wildman–Crippen LogP) is 2.88. The van der Waals surface area contributed by atoms with Gasteiger partial charge < -0.3 is 5.73 Å². The molecule has 1 aromatic heterocycles. The number of pyridine rings is 1. The Labute approximate surface area is 124 Å². The summed E-state index contributed by atoms with van der Waals surface area (Å²) in [6.45, 7) is 0. The van der Waals surface area contributed by atoms with Gasteiger partial charge in [-0.15, -0.1) is 0 Å². The van der Waals surface area contributed by atoms with Crippen LogP contribution < -0.4 is 10.5 Å². The van der Waals surface area contributed by atoms with Crippen molar-refractivity contribution >= 4 is 49.1 Å². The molecular weight excluding hydrogens is 354 g/mol. The van der Waals surface area contributed by atoms with E-state index in [2.05, 4.69) is 25.6 Å². The molecule has 1 aromatic carbocycles. The molecular formula is C11H9BrClN3O2S. The van der Waals surface area contributed by atoms with Gasteiger partial charge in [-0.25, -0.2) is 13.4 Å². The lowest BCUT2D eigenvalue weighted by Gasteiger charge is -2.10. The fourth-order valence-corrected chi connectivity index (χ4v) is 3.22. The van der Waals surface area contributed by atoms with Gasteiger partial charge in [0.2, 0.25) is 0 Å². The number of aromatic nitrogens is 1. The molecule has 0 aliphatic carbocycles. The van der Waals surface area contributed by atoms with Crippen LogP contribution in [0.2, 0.25) is 5.02 Å². The number of halogens is 2. The van der Waals surface area contributed by atoms with Gasteiger partial charge in [0.1, 0.15) is 4.90 Å². The number of anilines is 2. The highest BCUT2D eigenvalue weighted by Gasteiger charge is 2.19. The number of rotatable bonds is 3. The molecule has 0 amide bonds. The first-order chi connectivity index (χ1) is 8.90. The van der Waals surface area contributed by atoms with Crippen molar-refractivity contribution in [3.63, 3.8) is 0 Å². The van der Waals surface area contributed by atoms with Crippen molar-refractivity contribution in [3.8, 4) is 0 Å². The molecule has 1 heterocycles. The van der Waals surface area contributed by atoms with E-state index in [0.29, 0.717) is 9.50 Å². The molecule has 0 unspecified atom stereocenters. The molecule has 0 fully saturated rings. The lowest BCUT2D eigenvalue weighted by Crippen LogP contribution is -2.15. The number of sulfonamides is 1. The summed E-state index contributed by atoms with van der Waals surface area (Å²) < 4.78 is 27.3. The topological polar surface area (TPSA) is 85.1 Å². The molecule has 0 spiro atoms. The zero-order valence-electron chi connectivity index (χ0n) is 9.47. The van der Waals surface area contributed by atoms with Crippen LogP contribution in [-0.2, 0) is 10.0 Å². The Morgan fingerprint density at radius 1 is 1.32 bits per heavy atom. The van der Waals surface area contributed by atoms with E-state index >= 15 is 0 Å². The molecule has 8 heteroatoms. The van der Waals surface area contributed by atoms with E-state index in [4.69, 9.17) is 17.3 Å². The summed E-state index contributed by atoms with van der Waals surface area (Å²) in [7, 11) is -3.81. The fourth-order valence-electron chi connectivity index (χ4n) is 1.41. The Bertz CT molecular complexity index is 722. The molecule has 19 heavy (non-hydrogen) atoms. The quantitative estimate of drug-likeness (QED) is 0.822. The second-order valence-electron chi connectivity index (χ2n) is 3.62. The van der Waals surface area contributed by atoms with Gasteiger partial charge in [-0.3, -0.25) is 4.72 Å². The maximum absolute atomic E-state index is 12.2. The summed E-state index contributed by atoms with van der Waals surface area (Å²) in [4.78, 5) is 3.89. The summed E-state index contributed by atoms with van der Waals surface area (Å²) in [6.07, 6.45) is 1.48.